The van der Waals surface area contributed by atoms with Crippen LogP contribution in [-0.4, -0.2) is 30.1 Å². The summed E-state index contributed by atoms with van der Waals surface area (Å²) in [6.07, 6.45) is 0. The van der Waals surface area contributed by atoms with E-state index in [1.165, 1.54) is 0 Å². The van der Waals surface area contributed by atoms with E-state index in [1.54, 1.807) is 11.0 Å². The topological polar surface area (TPSA) is 67.9 Å². The maximum absolute atomic E-state index is 13.1. The van der Waals surface area contributed by atoms with Crippen LogP contribution in [0.2, 0.25) is 0 Å². The number of nitrogens with one attached hydrogen (secondary N) is 1. The number of carbonyl (C=O) groups is 2. The molecule has 0 fully saturated rings. The lowest BCUT2D eigenvalue weighted by Gasteiger charge is -2.31. The molecule has 2 heterocycles. The van der Waals surface area contributed by atoms with Crippen LogP contribution in [0.25, 0.3) is 0 Å². The number of benzene rings is 2. The molecule has 0 radical (unpaired) electrons. The van der Waals surface area contributed by atoms with E-state index in [9.17, 15) is 9.59 Å². The number of rotatable bonds is 4. The summed E-state index contributed by atoms with van der Waals surface area (Å²) in [6.45, 7) is 7.25. The van der Waals surface area contributed by atoms with Crippen molar-refractivity contribution in [3.63, 3.8) is 0 Å². The van der Waals surface area contributed by atoms with Gasteiger partial charge in [-0.2, -0.15) is 0 Å². The van der Waals surface area contributed by atoms with Crippen molar-refractivity contribution >= 4 is 11.8 Å². The first kappa shape index (κ1) is 18.3. The van der Waals surface area contributed by atoms with Crippen LogP contribution in [0, 0.1) is 5.41 Å². The van der Waals surface area contributed by atoms with E-state index in [1.807, 2.05) is 36.4 Å². The lowest BCUT2D eigenvalue weighted by atomic mass is 9.95. The van der Waals surface area contributed by atoms with Crippen molar-refractivity contribution in [2.75, 3.05) is 13.3 Å². The molecule has 0 saturated heterocycles. The zero-order valence-electron chi connectivity index (χ0n) is 16.3. The van der Waals surface area contributed by atoms with Crippen molar-refractivity contribution in [2.24, 2.45) is 5.41 Å². The van der Waals surface area contributed by atoms with Crippen LogP contribution in [0.3, 0.4) is 0 Å². The van der Waals surface area contributed by atoms with Crippen LogP contribution in [0.5, 0.6) is 11.5 Å². The van der Waals surface area contributed by atoms with E-state index >= 15 is 0 Å². The molecule has 1 atom stereocenters. The van der Waals surface area contributed by atoms with Gasteiger partial charge < -0.3 is 19.7 Å². The molecule has 4 rings (SSSR count). The number of nitrogens with zero attached hydrogens (tertiary/aromatic N) is 1. The van der Waals surface area contributed by atoms with E-state index in [4.69, 9.17) is 9.47 Å². The van der Waals surface area contributed by atoms with Gasteiger partial charge in [0.2, 0.25) is 12.7 Å². The monoisotopic (exact) mass is 380 g/mol. The molecule has 146 valence electrons. The Bertz CT molecular complexity index is 932. The van der Waals surface area contributed by atoms with Crippen molar-refractivity contribution in [1.29, 1.82) is 0 Å². The van der Waals surface area contributed by atoms with Gasteiger partial charge in [-0.15, -0.1) is 0 Å². The predicted octanol–water partition coefficient (Wildman–Crippen LogP) is 3.27. The second-order valence-electron chi connectivity index (χ2n) is 8.39. The van der Waals surface area contributed by atoms with Crippen LogP contribution >= 0.6 is 0 Å². The summed E-state index contributed by atoms with van der Waals surface area (Å²) in [6, 6.07) is 12.3. The first-order valence-electron chi connectivity index (χ1n) is 9.40. The van der Waals surface area contributed by atoms with Crippen molar-refractivity contribution in [1.82, 2.24) is 10.2 Å². The average Bonchev–Trinajstić information content (AvgIpc) is 3.22. The molecule has 1 N–H and O–H groups in total. The summed E-state index contributed by atoms with van der Waals surface area (Å²) in [5.74, 6) is 1.12. The number of ether oxygens (including phenoxy) is 2. The van der Waals surface area contributed by atoms with Gasteiger partial charge in [-0.3, -0.25) is 9.59 Å². The normalized spacial score (nSPS) is 17.6. The SMILES string of the molecule is CC(C)(C)CN1C(=O)c2ccccc2C1C(=O)NCc1ccc2c(c1)OCO2. The van der Waals surface area contributed by atoms with Gasteiger partial charge in [-0.1, -0.05) is 45.0 Å². The average molecular weight is 380 g/mol. The third kappa shape index (κ3) is 3.42. The third-order valence-electron chi connectivity index (χ3n) is 4.86. The second kappa shape index (κ2) is 6.86. The quantitative estimate of drug-likeness (QED) is 0.884. The van der Waals surface area contributed by atoms with Crippen LogP contribution in [0.1, 0.15) is 48.3 Å². The highest BCUT2D eigenvalue weighted by Gasteiger charge is 2.42. The molecule has 2 amide bonds. The summed E-state index contributed by atoms with van der Waals surface area (Å²) in [5.41, 5.74) is 2.17. The molecule has 6 nitrogen and oxygen atoms in total. The number of hydrogen-bond donors (Lipinski definition) is 1. The maximum atomic E-state index is 13.1. The van der Waals surface area contributed by atoms with Crippen LogP contribution in [0.4, 0.5) is 0 Å². The molecule has 0 aliphatic carbocycles. The van der Waals surface area contributed by atoms with Crippen LogP contribution < -0.4 is 14.8 Å². The second-order valence-corrected chi connectivity index (χ2v) is 8.39. The first-order chi connectivity index (χ1) is 13.3. The molecule has 28 heavy (non-hydrogen) atoms. The van der Waals surface area contributed by atoms with Crippen molar-refractivity contribution in [3.05, 3.63) is 59.2 Å². The molecule has 2 aliphatic rings. The summed E-state index contributed by atoms with van der Waals surface area (Å²) in [5, 5.41) is 2.98. The minimum absolute atomic E-state index is 0.0891. The molecule has 2 aromatic rings. The van der Waals surface area contributed by atoms with E-state index in [0.29, 0.717) is 30.2 Å². The fraction of sp³-hybridized carbons (Fsp3) is 0.364. The first-order valence-corrected chi connectivity index (χ1v) is 9.40. The van der Waals surface area contributed by atoms with Crippen LogP contribution in [-0.2, 0) is 11.3 Å². The fourth-order valence-corrected chi connectivity index (χ4v) is 3.66. The summed E-state index contributed by atoms with van der Waals surface area (Å²) < 4.78 is 10.7. The fourth-order valence-electron chi connectivity index (χ4n) is 3.66. The standard InChI is InChI=1S/C22H24N2O4/c1-22(2,3)12-24-19(15-6-4-5-7-16(15)21(24)26)20(25)23-11-14-8-9-17-18(10-14)28-13-27-17/h4-10,19H,11-13H2,1-3H3,(H,23,25). The zero-order valence-corrected chi connectivity index (χ0v) is 16.3. The van der Waals surface area contributed by atoms with Gasteiger partial charge in [-0.25, -0.2) is 0 Å². The molecule has 0 saturated carbocycles. The molecule has 0 spiro atoms. The molecule has 1 unspecified atom stereocenters. The minimum atomic E-state index is -0.614. The smallest absolute Gasteiger partial charge is 0.255 e. The van der Waals surface area contributed by atoms with Gasteiger partial charge in [0.05, 0.1) is 0 Å². The van der Waals surface area contributed by atoms with Crippen molar-refractivity contribution in [3.8, 4) is 11.5 Å². The van der Waals surface area contributed by atoms with Crippen molar-refractivity contribution in [2.45, 2.75) is 33.4 Å². The Morgan fingerprint density at radius 2 is 1.89 bits per heavy atom. The summed E-state index contributed by atoms with van der Waals surface area (Å²) in [7, 11) is 0. The number of amides is 2. The van der Waals surface area contributed by atoms with Gasteiger partial charge in [0, 0.05) is 18.7 Å². The van der Waals surface area contributed by atoms with Gasteiger partial charge in [0.15, 0.2) is 11.5 Å². The minimum Gasteiger partial charge on any atom is -0.454 e. The molecular formula is C22H24N2O4. The van der Waals surface area contributed by atoms with Crippen molar-refractivity contribution < 1.29 is 19.1 Å². The highest BCUT2D eigenvalue weighted by atomic mass is 16.7. The molecule has 6 heteroatoms. The Morgan fingerprint density at radius 1 is 1.14 bits per heavy atom. The molecule has 2 aromatic carbocycles. The van der Waals surface area contributed by atoms with Gasteiger partial charge in [-0.05, 0) is 34.7 Å². The molecule has 2 aliphatic heterocycles. The van der Waals surface area contributed by atoms with Gasteiger partial charge in [0.1, 0.15) is 6.04 Å². The Labute approximate surface area is 164 Å². The maximum Gasteiger partial charge on any atom is 0.255 e. The van der Waals surface area contributed by atoms with Gasteiger partial charge >= 0.3 is 0 Å². The molecular weight excluding hydrogens is 356 g/mol. The Hall–Kier alpha value is -3.02. The lowest BCUT2D eigenvalue weighted by Crippen LogP contribution is -2.42. The van der Waals surface area contributed by atoms with E-state index in [-0.39, 0.29) is 24.0 Å². The Morgan fingerprint density at radius 3 is 2.68 bits per heavy atom. The third-order valence-corrected chi connectivity index (χ3v) is 4.86. The lowest BCUT2D eigenvalue weighted by molar-refractivity contribution is -0.126. The Kier molecular flexibility index (Phi) is 4.49. The van der Waals surface area contributed by atoms with E-state index in [2.05, 4.69) is 26.1 Å². The molecule has 0 bridgehead atoms. The summed E-state index contributed by atoms with van der Waals surface area (Å²) >= 11 is 0. The zero-order chi connectivity index (χ0) is 19.9. The highest BCUT2D eigenvalue weighted by molar-refractivity contribution is 6.04. The van der Waals surface area contributed by atoms with E-state index in [0.717, 1.165) is 11.1 Å². The van der Waals surface area contributed by atoms with Gasteiger partial charge in [0.25, 0.3) is 5.91 Å². The molecule has 0 aromatic heterocycles. The number of carbonyl (C=O) groups excluding carboxylic acids is 2. The van der Waals surface area contributed by atoms with E-state index < -0.39 is 6.04 Å². The van der Waals surface area contributed by atoms with Crippen LogP contribution in [0.15, 0.2) is 42.5 Å². The predicted molar refractivity (Wildman–Crippen MR) is 104 cm³/mol. The largest absolute Gasteiger partial charge is 0.454 e. The summed E-state index contributed by atoms with van der Waals surface area (Å²) in [4.78, 5) is 27.7. The number of fused-ring (bicyclic) bond motifs is 2. The highest BCUT2D eigenvalue weighted by Crippen LogP contribution is 2.36. The number of hydrogen-bond acceptors (Lipinski definition) is 4. The Balaban J connectivity index is 1.54.